The minimum absolute atomic E-state index is 0.0446. The second-order valence-electron chi connectivity index (χ2n) is 3.80. The van der Waals surface area contributed by atoms with Crippen molar-refractivity contribution in [1.82, 2.24) is 0 Å². The summed E-state index contributed by atoms with van der Waals surface area (Å²) in [6.07, 6.45) is 0. The monoisotopic (exact) mass is 296 g/mol. The molecule has 0 unspecified atom stereocenters. The fourth-order valence-corrected chi connectivity index (χ4v) is 1.68. The summed E-state index contributed by atoms with van der Waals surface area (Å²) in [5.41, 5.74) is -0.0708. The first-order valence-corrected chi connectivity index (χ1v) is 6.05. The predicted molar refractivity (Wildman–Crippen MR) is 71.8 cm³/mol. The van der Waals surface area contributed by atoms with Crippen LogP contribution in [0.5, 0.6) is 11.5 Å². The molecular formula is C14H16O7. The number of carbonyl (C=O) groups excluding carboxylic acids is 3. The zero-order valence-electron chi connectivity index (χ0n) is 12.2. The lowest BCUT2D eigenvalue weighted by atomic mass is 10.0. The highest BCUT2D eigenvalue weighted by molar-refractivity contribution is 6.41. The van der Waals surface area contributed by atoms with E-state index in [4.69, 9.17) is 9.47 Å². The zero-order valence-corrected chi connectivity index (χ0v) is 12.2. The van der Waals surface area contributed by atoms with Crippen molar-refractivity contribution in [2.75, 3.05) is 27.9 Å². The molecule has 7 nitrogen and oxygen atoms in total. The summed E-state index contributed by atoms with van der Waals surface area (Å²) in [6.45, 7) is 1.63. The van der Waals surface area contributed by atoms with Gasteiger partial charge >= 0.3 is 11.9 Å². The van der Waals surface area contributed by atoms with E-state index in [1.54, 1.807) is 6.92 Å². The van der Waals surface area contributed by atoms with Gasteiger partial charge in [0.1, 0.15) is 0 Å². The second kappa shape index (κ2) is 7.28. The van der Waals surface area contributed by atoms with E-state index >= 15 is 0 Å². The Kier molecular flexibility index (Phi) is 5.71. The molecule has 1 rings (SSSR count). The van der Waals surface area contributed by atoms with E-state index < -0.39 is 17.7 Å². The van der Waals surface area contributed by atoms with Crippen LogP contribution in [0.2, 0.25) is 0 Å². The smallest absolute Gasteiger partial charge is 0.379 e. The van der Waals surface area contributed by atoms with Crippen LogP contribution in [0.4, 0.5) is 0 Å². The largest absolute Gasteiger partial charge is 0.493 e. The maximum Gasteiger partial charge on any atom is 0.379 e. The average Bonchev–Trinajstić information content (AvgIpc) is 2.51. The van der Waals surface area contributed by atoms with Crippen LogP contribution in [0.15, 0.2) is 12.1 Å². The molecule has 0 saturated carbocycles. The van der Waals surface area contributed by atoms with Crippen LogP contribution in [0.25, 0.3) is 0 Å². The molecule has 114 valence electrons. The molecule has 0 aliphatic rings. The molecule has 0 aliphatic heterocycles. The van der Waals surface area contributed by atoms with Gasteiger partial charge in [-0.2, -0.15) is 0 Å². The van der Waals surface area contributed by atoms with Crippen LogP contribution in [-0.2, 0) is 14.3 Å². The standard InChI is InChI=1S/C14H16O7/c1-5-21-14(17)11(15)9-6-8(13(16)20-4)7-10(18-2)12(9)19-3/h6-7H,5H2,1-4H3. The van der Waals surface area contributed by atoms with Gasteiger partial charge in [-0.15, -0.1) is 0 Å². The topological polar surface area (TPSA) is 88.1 Å². The van der Waals surface area contributed by atoms with Crippen LogP contribution < -0.4 is 9.47 Å². The third-order valence-electron chi connectivity index (χ3n) is 2.61. The Balaban J connectivity index is 3.42. The van der Waals surface area contributed by atoms with E-state index in [1.807, 2.05) is 0 Å². The fourth-order valence-electron chi connectivity index (χ4n) is 1.68. The van der Waals surface area contributed by atoms with E-state index in [2.05, 4.69) is 9.47 Å². The zero-order chi connectivity index (χ0) is 16.0. The number of carbonyl (C=O) groups is 3. The van der Waals surface area contributed by atoms with Crippen LogP contribution in [0, 0.1) is 0 Å². The molecule has 0 spiro atoms. The van der Waals surface area contributed by atoms with Crippen LogP contribution in [-0.4, -0.2) is 45.7 Å². The molecule has 0 bridgehead atoms. The van der Waals surface area contributed by atoms with Gasteiger partial charge in [0.05, 0.1) is 39.1 Å². The predicted octanol–water partition coefficient (Wildman–Crippen LogP) is 1.24. The molecular weight excluding hydrogens is 280 g/mol. The van der Waals surface area contributed by atoms with Gasteiger partial charge in [0.2, 0.25) is 0 Å². The Morgan fingerprint density at radius 2 is 1.71 bits per heavy atom. The number of Topliss-reactive ketones (excluding diaryl/α,β-unsaturated/α-hetero) is 1. The van der Waals surface area contributed by atoms with Crippen molar-refractivity contribution in [1.29, 1.82) is 0 Å². The summed E-state index contributed by atoms with van der Waals surface area (Å²) in [5, 5.41) is 0. The normalized spacial score (nSPS) is 9.71. The summed E-state index contributed by atoms with van der Waals surface area (Å²) < 4.78 is 19.4. The lowest BCUT2D eigenvalue weighted by Gasteiger charge is -2.13. The summed E-state index contributed by atoms with van der Waals surface area (Å²) in [6, 6.07) is 2.55. The Labute approximate surface area is 121 Å². The number of esters is 2. The van der Waals surface area contributed by atoms with Crippen molar-refractivity contribution in [2.45, 2.75) is 6.92 Å². The average molecular weight is 296 g/mol. The minimum atomic E-state index is -1.04. The van der Waals surface area contributed by atoms with Gasteiger partial charge in [0.25, 0.3) is 5.78 Å². The van der Waals surface area contributed by atoms with Gasteiger partial charge in [0, 0.05) is 0 Å². The number of hydrogen-bond donors (Lipinski definition) is 0. The maximum atomic E-state index is 12.1. The van der Waals surface area contributed by atoms with Gasteiger partial charge in [-0.05, 0) is 19.1 Å². The first kappa shape index (κ1) is 16.5. The molecule has 0 fully saturated rings. The van der Waals surface area contributed by atoms with E-state index in [0.29, 0.717) is 0 Å². The SMILES string of the molecule is CCOC(=O)C(=O)c1cc(C(=O)OC)cc(OC)c1OC. The van der Waals surface area contributed by atoms with Crippen molar-refractivity contribution >= 4 is 17.7 Å². The lowest BCUT2D eigenvalue weighted by Crippen LogP contribution is -2.19. The number of benzene rings is 1. The molecule has 7 heteroatoms. The second-order valence-corrected chi connectivity index (χ2v) is 3.80. The highest BCUT2D eigenvalue weighted by Gasteiger charge is 2.26. The molecule has 0 aliphatic carbocycles. The van der Waals surface area contributed by atoms with Crippen LogP contribution in [0.1, 0.15) is 27.6 Å². The summed E-state index contributed by atoms with van der Waals surface area (Å²) >= 11 is 0. The van der Waals surface area contributed by atoms with E-state index in [0.717, 1.165) is 0 Å². The van der Waals surface area contributed by atoms with Gasteiger partial charge < -0.3 is 18.9 Å². The molecule has 0 saturated heterocycles. The van der Waals surface area contributed by atoms with Crippen LogP contribution in [0.3, 0.4) is 0 Å². The number of ether oxygens (including phenoxy) is 4. The van der Waals surface area contributed by atoms with Crippen LogP contribution >= 0.6 is 0 Å². The third kappa shape index (κ3) is 3.50. The quantitative estimate of drug-likeness (QED) is 0.443. The Morgan fingerprint density at radius 1 is 1.05 bits per heavy atom. The molecule has 21 heavy (non-hydrogen) atoms. The fraction of sp³-hybridized carbons (Fsp3) is 0.357. The Bertz CT molecular complexity index is 563. The molecule has 0 amide bonds. The summed E-state index contributed by atoms with van der Waals surface area (Å²) in [5.74, 6) is -2.47. The number of rotatable bonds is 6. The minimum Gasteiger partial charge on any atom is -0.493 e. The number of methoxy groups -OCH3 is 3. The van der Waals surface area contributed by atoms with Gasteiger partial charge in [-0.1, -0.05) is 0 Å². The van der Waals surface area contributed by atoms with Crippen molar-refractivity contribution in [2.24, 2.45) is 0 Å². The molecule has 1 aromatic carbocycles. The van der Waals surface area contributed by atoms with Crippen molar-refractivity contribution in [3.05, 3.63) is 23.3 Å². The van der Waals surface area contributed by atoms with Gasteiger partial charge in [0.15, 0.2) is 11.5 Å². The summed E-state index contributed by atoms with van der Waals surface area (Å²) in [4.78, 5) is 35.3. The molecule has 0 atom stereocenters. The lowest BCUT2D eigenvalue weighted by molar-refractivity contribution is -0.137. The first-order valence-electron chi connectivity index (χ1n) is 6.05. The molecule has 0 N–H and O–H groups in total. The van der Waals surface area contributed by atoms with Crippen molar-refractivity contribution in [3.8, 4) is 11.5 Å². The van der Waals surface area contributed by atoms with Crippen molar-refractivity contribution in [3.63, 3.8) is 0 Å². The molecule has 1 aromatic rings. The maximum absolute atomic E-state index is 12.1. The van der Waals surface area contributed by atoms with E-state index in [1.165, 1.54) is 33.5 Å². The summed E-state index contributed by atoms with van der Waals surface area (Å²) in [7, 11) is 3.86. The number of ketones is 1. The van der Waals surface area contributed by atoms with Gasteiger partial charge in [-0.25, -0.2) is 9.59 Å². The number of hydrogen-bond acceptors (Lipinski definition) is 7. The van der Waals surface area contributed by atoms with Gasteiger partial charge in [-0.3, -0.25) is 4.79 Å². The van der Waals surface area contributed by atoms with E-state index in [-0.39, 0.29) is 29.2 Å². The molecule has 0 aromatic heterocycles. The third-order valence-corrected chi connectivity index (χ3v) is 2.61. The Morgan fingerprint density at radius 3 is 2.19 bits per heavy atom. The highest BCUT2D eigenvalue weighted by atomic mass is 16.5. The highest BCUT2D eigenvalue weighted by Crippen LogP contribution is 2.33. The Hall–Kier alpha value is -2.57. The van der Waals surface area contributed by atoms with Crippen molar-refractivity contribution < 1.29 is 33.3 Å². The molecule has 0 radical (unpaired) electrons. The first-order chi connectivity index (χ1) is 9.99. The van der Waals surface area contributed by atoms with E-state index in [9.17, 15) is 14.4 Å². The molecule has 0 heterocycles.